The zero-order valence-corrected chi connectivity index (χ0v) is 18.1. The molecule has 1 fully saturated rings. The van der Waals surface area contributed by atoms with Crippen molar-refractivity contribution in [1.82, 2.24) is 25.3 Å². The Bertz CT molecular complexity index is 1020. The minimum absolute atomic E-state index is 0.0321. The van der Waals surface area contributed by atoms with Crippen LogP contribution in [0.5, 0.6) is 0 Å². The molecule has 2 aromatic heterocycles. The summed E-state index contributed by atoms with van der Waals surface area (Å²) < 4.78 is 0. The molecular weight excluding hydrogens is 416 g/mol. The Morgan fingerprint density at radius 2 is 2.10 bits per heavy atom. The van der Waals surface area contributed by atoms with Gasteiger partial charge in [0.25, 0.3) is 0 Å². The Labute approximate surface area is 185 Å². The highest BCUT2D eigenvalue weighted by Gasteiger charge is 2.35. The summed E-state index contributed by atoms with van der Waals surface area (Å²) in [7, 11) is 0. The fraction of sp³-hybridized carbons (Fsp3) is 0.409. The number of piperidine rings is 1. The lowest BCUT2D eigenvalue weighted by molar-refractivity contribution is -0.138. The maximum atomic E-state index is 12.3. The molecule has 1 amide bonds. The number of carbonyl (C=O) groups excluding carboxylic acids is 1. The summed E-state index contributed by atoms with van der Waals surface area (Å²) in [5.74, 6) is -0.0808. The van der Waals surface area contributed by atoms with Crippen LogP contribution in [0.25, 0.3) is 22.5 Å². The molecule has 0 radical (unpaired) electrons. The van der Waals surface area contributed by atoms with Crippen molar-refractivity contribution < 1.29 is 9.90 Å². The third kappa shape index (κ3) is 4.51. The normalized spacial score (nSPS) is 20.1. The predicted octanol–water partition coefficient (Wildman–Crippen LogP) is 2.92. The van der Waals surface area contributed by atoms with Crippen LogP contribution in [0, 0.1) is 0 Å². The lowest BCUT2D eigenvalue weighted by Crippen LogP contribution is -2.48. The molecule has 1 aromatic carbocycles. The van der Waals surface area contributed by atoms with E-state index in [0.717, 1.165) is 41.1 Å². The van der Waals surface area contributed by atoms with E-state index in [0.29, 0.717) is 18.0 Å². The third-order valence-corrected chi connectivity index (χ3v) is 6.16. The maximum Gasteiger partial charge on any atom is 0.248 e. The van der Waals surface area contributed by atoms with Crippen LogP contribution in [0.2, 0.25) is 5.02 Å². The number of nitrogens with two attached hydrogens (primary N) is 1. The Kier molecular flexibility index (Phi) is 6.41. The quantitative estimate of drug-likeness (QED) is 0.467. The molecule has 3 atom stereocenters. The Hall–Kier alpha value is -2.68. The van der Waals surface area contributed by atoms with E-state index >= 15 is 0 Å². The lowest BCUT2D eigenvalue weighted by Gasteiger charge is -2.40. The van der Waals surface area contributed by atoms with Crippen molar-refractivity contribution in [3.05, 3.63) is 47.2 Å². The fourth-order valence-corrected chi connectivity index (χ4v) is 4.65. The molecule has 0 aliphatic carbocycles. The number of hydrogen-bond acceptors (Lipinski definition) is 5. The number of aliphatic hydroxyl groups excluding tert-OH is 1. The van der Waals surface area contributed by atoms with E-state index in [1.807, 2.05) is 37.3 Å². The summed E-state index contributed by atoms with van der Waals surface area (Å²) in [5.41, 5.74) is 10.7. The summed E-state index contributed by atoms with van der Waals surface area (Å²) in [6, 6.07) is 9.44. The minimum atomic E-state index is -0.482. The van der Waals surface area contributed by atoms with Crippen LogP contribution < -0.4 is 5.73 Å². The van der Waals surface area contributed by atoms with Crippen molar-refractivity contribution >= 4 is 17.5 Å². The van der Waals surface area contributed by atoms with E-state index in [1.165, 1.54) is 0 Å². The zero-order valence-electron chi connectivity index (χ0n) is 17.4. The van der Waals surface area contributed by atoms with Crippen molar-refractivity contribution in [2.24, 2.45) is 5.73 Å². The first-order valence-corrected chi connectivity index (χ1v) is 10.9. The number of aromatic amines is 2. The smallest absolute Gasteiger partial charge is 0.248 e. The van der Waals surface area contributed by atoms with Crippen LogP contribution in [0.1, 0.15) is 37.8 Å². The number of rotatable bonds is 6. The molecule has 0 saturated carbocycles. The molecule has 0 spiro atoms. The molecule has 8 nitrogen and oxygen atoms in total. The number of halogens is 1. The van der Waals surface area contributed by atoms with Crippen LogP contribution in [-0.4, -0.2) is 61.5 Å². The number of nitrogens with one attached hydrogen (secondary N) is 2. The molecule has 164 valence electrons. The van der Waals surface area contributed by atoms with Gasteiger partial charge in [-0.15, -0.1) is 0 Å². The van der Waals surface area contributed by atoms with E-state index in [9.17, 15) is 9.90 Å². The second-order valence-electron chi connectivity index (χ2n) is 8.17. The monoisotopic (exact) mass is 442 g/mol. The fourth-order valence-electron chi connectivity index (χ4n) is 4.52. The van der Waals surface area contributed by atoms with E-state index < -0.39 is 6.61 Å². The number of aromatic nitrogens is 4. The lowest BCUT2D eigenvalue weighted by atomic mass is 9.83. The Balaban J connectivity index is 1.71. The van der Waals surface area contributed by atoms with E-state index in [1.54, 1.807) is 11.1 Å². The molecule has 1 aliphatic heterocycles. The number of benzene rings is 1. The van der Waals surface area contributed by atoms with Crippen LogP contribution in [0.15, 0.2) is 36.5 Å². The highest BCUT2D eigenvalue weighted by Crippen LogP contribution is 2.41. The number of hydrogen-bond donors (Lipinski definition) is 4. The summed E-state index contributed by atoms with van der Waals surface area (Å²) in [4.78, 5) is 14.0. The van der Waals surface area contributed by atoms with E-state index in [-0.39, 0.29) is 23.9 Å². The maximum absolute atomic E-state index is 12.3. The van der Waals surface area contributed by atoms with Crippen LogP contribution >= 0.6 is 11.6 Å². The molecule has 1 saturated heterocycles. The van der Waals surface area contributed by atoms with Gasteiger partial charge in [-0.1, -0.05) is 23.7 Å². The highest BCUT2D eigenvalue weighted by atomic mass is 35.5. The van der Waals surface area contributed by atoms with Crippen molar-refractivity contribution in [1.29, 1.82) is 0 Å². The standard InChI is InChI=1S/C22H27ClN6O2/c1-13(24)10-17-11-15(7-9-29(17)19(31)12-30)22-20(18-6-8-25-26-18)21(27-28-22)14-2-4-16(23)5-3-14/h2-6,8,13,15,17,30H,7,9-12,24H2,1H3,(H,25,26)(H,27,28). The molecule has 4 rings (SSSR count). The minimum Gasteiger partial charge on any atom is -0.387 e. The summed E-state index contributed by atoms with van der Waals surface area (Å²) in [6.07, 6.45) is 3.92. The van der Waals surface area contributed by atoms with Crippen molar-refractivity contribution in [2.45, 2.75) is 44.2 Å². The van der Waals surface area contributed by atoms with Crippen LogP contribution in [-0.2, 0) is 4.79 Å². The first-order chi connectivity index (χ1) is 15.0. The van der Waals surface area contributed by atoms with Gasteiger partial charge < -0.3 is 15.7 Å². The van der Waals surface area contributed by atoms with Gasteiger partial charge in [0.1, 0.15) is 12.3 Å². The average Bonchev–Trinajstić information content (AvgIpc) is 3.43. The van der Waals surface area contributed by atoms with Crippen molar-refractivity contribution in [3.63, 3.8) is 0 Å². The first-order valence-electron chi connectivity index (χ1n) is 10.5. The van der Waals surface area contributed by atoms with Crippen molar-refractivity contribution in [3.8, 4) is 22.5 Å². The van der Waals surface area contributed by atoms with Crippen LogP contribution in [0.4, 0.5) is 0 Å². The van der Waals surface area contributed by atoms with E-state index in [4.69, 9.17) is 17.3 Å². The molecule has 31 heavy (non-hydrogen) atoms. The second-order valence-corrected chi connectivity index (χ2v) is 8.61. The summed E-state index contributed by atoms with van der Waals surface area (Å²) in [6.45, 7) is 2.03. The first kappa shape index (κ1) is 21.5. The molecule has 5 N–H and O–H groups in total. The largest absolute Gasteiger partial charge is 0.387 e. The van der Waals surface area contributed by atoms with Gasteiger partial charge in [-0.2, -0.15) is 10.2 Å². The van der Waals surface area contributed by atoms with Gasteiger partial charge in [-0.05, 0) is 44.4 Å². The highest BCUT2D eigenvalue weighted by molar-refractivity contribution is 6.30. The van der Waals surface area contributed by atoms with Crippen LogP contribution in [0.3, 0.4) is 0 Å². The van der Waals surface area contributed by atoms with Gasteiger partial charge in [0.05, 0.1) is 5.69 Å². The van der Waals surface area contributed by atoms with Gasteiger partial charge in [0, 0.05) is 52.6 Å². The Morgan fingerprint density at radius 1 is 1.32 bits per heavy atom. The third-order valence-electron chi connectivity index (χ3n) is 5.91. The van der Waals surface area contributed by atoms with Gasteiger partial charge in [0.15, 0.2) is 0 Å². The average molecular weight is 443 g/mol. The molecular formula is C22H27ClN6O2. The molecule has 1 aliphatic rings. The number of carbonyl (C=O) groups is 1. The molecule has 3 unspecified atom stereocenters. The van der Waals surface area contributed by atoms with Gasteiger partial charge in [-0.25, -0.2) is 0 Å². The molecule has 3 heterocycles. The summed E-state index contributed by atoms with van der Waals surface area (Å²) >= 11 is 6.07. The number of H-pyrrole nitrogens is 2. The number of nitrogens with zero attached hydrogens (tertiary/aromatic N) is 3. The SMILES string of the molecule is CC(N)CC1CC(c2[nH]nc(-c3ccc(Cl)cc3)c2-c2ccn[nH]2)CCN1C(=O)CO. The van der Waals surface area contributed by atoms with Gasteiger partial charge >= 0.3 is 0 Å². The number of amides is 1. The van der Waals surface area contributed by atoms with E-state index in [2.05, 4.69) is 20.4 Å². The second kappa shape index (κ2) is 9.21. The Morgan fingerprint density at radius 3 is 2.74 bits per heavy atom. The number of likely N-dealkylation sites (tertiary alicyclic amines) is 1. The number of aliphatic hydroxyl groups is 1. The molecule has 9 heteroatoms. The van der Waals surface area contributed by atoms with Gasteiger partial charge in [0.2, 0.25) is 5.91 Å². The summed E-state index contributed by atoms with van der Waals surface area (Å²) in [5, 5.41) is 25.1. The molecule has 3 aromatic rings. The zero-order chi connectivity index (χ0) is 22.0. The van der Waals surface area contributed by atoms with Gasteiger partial charge in [-0.3, -0.25) is 15.0 Å². The van der Waals surface area contributed by atoms with Crippen molar-refractivity contribution in [2.75, 3.05) is 13.2 Å². The molecule has 0 bridgehead atoms. The topological polar surface area (TPSA) is 124 Å². The predicted molar refractivity (Wildman–Crippen MR) is 119 cm³/mol.